The lowest BCUT2D eigenvalue weighted by Gasteiger charge is -2.48. The molecule has 2 atom stereocenters. The van der Waals surface area contributed by atoms with Crippen LogP contribution in [-0.4, -0.2) is 0 Å². The van der Waals surface area contributed by atoms with Gasteiger partial charge in [0.2, 0.25) is 0 Å². The van der Waals surface area contributed by atoms with Gasteiger partial charge in [-0.25, -0.2) is 0 Å². The molecular formula is C14H30. The largest absolute Gasteiger partial charge is 0.0651 e. The smallest absolute Gasteiger partial charge is 0.0249 e. The number of hydrogen-bond donors (Lipinski definition) is 0. The van der Waals surface area contributed by atoms with Crippen molar-refractivity contribution in [1.29, 1.82) is 0 Å². The SMILES string of the molecule is CCC(C)C(C)(CC(C)C)C(C)(C)C. The van der Waals surface area contributed by atoms with E-state index < -0.39 is 0 Å². The fourth-order valence-corrected chi connectivity index (χ4v) is 2.55. The van der Waals surface area contributed by atoms with Crippen molar-refractivity contribution >= 4 is 0 Å². The van der Waals surface area contributed by atoms with E-state index in [0.29, 0.717) is 10.8 Å². The molecule has 0 heterocycles. The average Bonchev–Trinajstić information content (AvgIpc) is 1.99. The van der Waals surface area contributed by atoms with Gasteiger partial charge >= 0.3 is 0 Å². The number of hydrogen-bond acceptors (Lipinski definition) is 0. The molecule has 0 amide bonds. The molecule has 0 aliphatic heterocycles. The van der Waals surface area contributed by atoms with Crippen molar-refractivity contribution in [2.45, 2.75) is 68.2 Å². The van der Waals surface area contributed by atoms with Gasteiger partial charge in [-0.1, -0.05) is 61.8 Å². The summed E-state index contributed by atoms with van der Waals surface area (Å²) in [6, 6.07) is 0. The van der Waals surface area contributed by atoms with Gasteiger partial charge in [-0.15, -0.1) is 0 Å². The van der Waals surface area contributed by atoms with Crippen LogP contribution in [0.1, 0.15) is 68.2 Å². The Morgan fingerprint density at radius 3 is 1.57 bits per heavy atom. The van der Waals surface area contributed by atoms with E-state index >= 15 is 0 Å². The second-order valence-corrected chi connectivity index (χ2v) is 6.57. The Kier molecular flexibility index (Phi) is 4.68. The summed E-state index contributed by atoms with van der Waals surface area (Å²) in [6.07, 6.45) is 2.63. The van der Waals surface area contributed by atoms with Crippen LogP contribution in [0.15, 0.2) is 0 Å². The van der Waals surface area contributed by atoms with E-state index in [9.17, 15) is 0 Å². The molecule has 0 aromatic heterocycles. The van der Waals surface area contributed by atoms with Crippen LogP contribution in [0.5, 0.6) is 0 Å². The third-order valence-electron chi connectivity index (χ3n) is 4.25. The second-order valence-electron chi connectivity index (χ2n) is 6.57. The zero-order chi connectivity index (χ0) is 11.6. The topological polar surface area (TPSA) is 0 Å². The molecule has 2 unspecified atom stereocenters. The summed E-state index contributed by atoms with van der Waals surface area (Å²) < 4.78 is 0. The van der Waals surface area contributed by atoms with Crippen LogP contribution >= 0.6 is 0 Å². The fraction of sp³-hybridized carbons (Fsp3) is 1.00. The van der Waals surface area contributed by atoms with Crippen molar-refractivity contribution in [3.63, 3.8) is 0 Å². The Morgan fingerprint density at radius 1 is 0.929 bits per heavy atom. The summed E-state index contributed by atoms with van der Waals surface area (Å²) in [6.45, 7) is 19.0. The molecule has 0 bridgehead atoms. The molecule has 0 nitrogen and oxygen atoms in total. The van der Waals surface area contributed by atoms with Crippen LogP contribution in [0.3, 0.4) is 0 Å². The first kappa shape index (κ1) is 14.0. The van der Waals surface area contributed by atoms with Gasteiger partial charge in [-0.05, 0) is 29.1 Å². The van der Waals surface area contributed by atoms with Crippen LogP contribution in [0, 0.1) is 22.7 Å². The van der Waals surface area contributed by atoms with Crippen molar-refractivity contribution in [2.75, 3.05) is 0 Å². The van der Waals surface area contributed by atoms with Gasteiger partial charge in [0.25, 0.3) is 0 Å². The van der Waals surface area contributed by atoms with Crippen LogP contribution in [0.2, 0.25) is 0 Å². The van der Waals surface area contributed by atoms with Gasteiger partial charge in [0, 0.05) is 0 Å². The maximum Gasteiger partial charge on any atom is -0.0249 e. The van der Waals surface area contributed by atoms with Crippen LogP contribution in [-0.2, 0) is 0 Å². The Bertz CT molecular complexity index is 161. The summed E-state index contributed by atoms with van der Waals surface area (Å²) in [5.74, 6) is 1.61. The zero-order valence-corrected chi connectivity index (χ0v) is 11.6. The molecule has 0 aromatic rings. The first-order valence-electron chi connectivity index (χ1n) is 6.15. The van der Waals surface area contributed by atoms with Gasteiger partial charge in [-0.2, -0.15) is 0 Å². The summed E-state index contributed by atoms with van der Waals surface area (Å²) >= 11 is 0. The standard InChI is InChI=1S/C14H30/c1-9-12(4)14(8,10-11(2)3)13(5,6)7/h11-12H,9-10H2,1-8H3. The van der Waals surface area contributed by atoms with Gasteiger partial charge in [0.15, 0.2) is 0 Å². The molecule has 0 saturated heterocycles. The predicted octanol–water partition coefficient (Wildman–Crippen LogP) is 5.13. The van der Waals surface area contributed by atoms with Gasteiger partial charge in [0.05, 0.1) is 0 Å². The lowest BCUT2D eigenvalue weighted by molar-refractivity contribution is 0.0181. The fourth-order valence-electron chi connectivity index (χ4n) is 2.55. The van der Waals surface area contributed by atoms with Gasteiger partial charge < -0.3 is 0 Å². The molecule has 0 aliphatic rings. The minimum atomic E-state index is 0.409. The summed E-state index contributed by atoms with van der Waals surface area (Å²) in [5, 5.41) is 0. The van der Waals surface area contributed by atoms with Crippen LogP contribution in [0.4, 0.5) is 0 Å². The van der Waals surface area contributed by atoms with E-state index in [4.69, 9.17) is 0 Å². The molecule has 14 heavy (non-hydrogen) atoms. The molecule has 0 aliphatic carbocycles. The molecule has 0 N–H and O–H groups in total. The minimum Gasteiger partial charge on any atom is -0.0651 e. The van der Waals surface area contributed by atoms with E-state index in [1.54, 1.807) is 0 Å². The van der Waals surface area contributed by atoms with E-state index in [-0.39, 0.29) is 0 Å². The zero-order valence-electron chi connectivity index (χ0n) is 11.6. The maximum absolute atomic E-state index is 2.47. The van der Waals surface area contributed by atoms with Crippen molar-refractivity contribution in [3.05, 3.63) is 0 Å². The van der Waals surface area contributed by atoms with Crippen molar-refractivity contribution in [1.82, 2.24) is 0 Å². The third-order valence-corrected chi connectivity index (χ3v) is 4.25. The minimum absolute atomic E-state index is 0.409. The van der Waals surface area contributed by atoms with E-state index in [1.807, 2.05) is 0 Å². The quantitative estimate of drug-likeness (QED) is 0.587. The highest BCUT2D eigenvalue weighted by Gasteiger charge is 2.41. The normalized spacial score (nSPS) is 19.5. The molecule has 0 spiro atoms. The molecule has 0 rings (SSSR count). The third kappa shape index (κ3) is 3.00. The lowest BCUT2D eigenvalue weighted by Crippen LogP contribution is -2.39. The van der Waals surface area contributed by atoms with E-state index in [2.05, 4.69) is 55.4 Å². The Labute approximate surface area is 91.5 Å². The van der Waals surface area contributed by atoms with Crippen LogP contribution in [0.25, 0.3) is 0 Å². The second kappa shape index (κ2) is 4.68. The molecule has 0 fully saturated rings. The predicted molar refractivity (Wildman–Crippen MR) is 66.5 cm³/mol. The maximum atomic E-state index is 2.47. The lowest BCUT2D eigenvalue weighted by atomic mass is 9.57. The van der Waals surface area contributed by atoms with E-state index in [1.165, 1.54) is 12.8 Å². The first-order chi connectivity index (χ1) is 6.15. The Morgan fingerprint density at radius 2 is 1.36 bits per heavy atom. The van der Waals surface area contributed by atoms with Crippen molar-refractivity contribution in [3.8, 4) is 0 Å². The van der Waals surface area contributed by atoms with Crippen molar-refractivity contribution in [2.24, 2.45) is 22.7 Å². The highest BCUT2D eigenvalue weighted by molar-refractivity contribution is 4.90. The molecule has 0 radical (unpaired) electrons. The average molecular weight is 198 g/mol. The number of rotatable bonds is 4. The molecule has 86 valence electrons. The van der Waals surface area contributed by atoms with Crippen molar-refractivity contribution < 1.29 is 0 Å². The Balaban J connectivity index is 4.85. The highest BCUT2D eigenvalue weighted by Crippen LogP contribution is 2.49. The molecule has 0 saturated carbocycles. The summed E-state index contributed by atoms with van der Waals surface area (Å²) in [4.78, 5) is 0. The Hall–Kier alpha value is 0. The van der Waals surface area contributed by atoms with E-state index in [0.717, 1.165) is 11.8 Å². The molecular weight excluding hydrogens is 168 g/mol. The van der Waals surface area contributed by atoms with Gasteiger partial charge in [-0.3, -0.25) is 0 Å². The highest BCUT2D eigenvalue weighted by atomic mass is 14.5. The monoisotopic (exact) mass is 198 g/mol. The van der Waals surface area contributed by atoms with Gasteiger partial charge in [0.1, 0.15) is 0 Å². The summed E-state index contributed by atoms with van der Waals surface area (Å²) in [7, 11) is 0. The molecule has 0 heteroatoms. The van der Waals surface area contributed by atoms with Crippen LogP contribution < -0.4 is 0 Å². The summed E-state index contributed by atoms with van der Waals surface area (Å²) in [5.41, 5.74) is 0.878. The molecule has 0 aromatic carbocycles. The first-order valence-corrected chi connectivity index (χ1v) is 6.15.